The fourth-order valence-corrected chi connectivity index (χ4v) is 1.10. The molecule has 1 rings (SSSR count). The molecule has 0 atom stereocenters. The number of carbonyl (C=O) groups excluding carboxylic acids is 2. The van der Waals surface area contributed by atoms with E-state index in [0.717, 1.165) is 0 Å². The van der Waals surface area contributed by atoms with Crippen LogP contribution in [0, 0.1) is 0 Å². The molecule has 0 N–H and O–H groups in total. The summed E-state index contributed by atoms with van der Waals surface area (Å²) >= 11 is 0. The topological polar surface area (TPSA) is 56.5 Å². The summed E-state index contributed by atoms with van der Waals surface area (Å²) in [6, 6.07) is 3.24. The van der Waals surface area contributed by atoms with Crippen molar-refractivity contribution in [3.05, 3.63) is 36.0 Å². The van der Waals surface area contributed by atoms with Gasteiger partial charge in [-0.25, -0.2) is 0 Å². The van der Waals surface area contributed by atoms with Gasteiger partial charge in [0.05, 0.1) is 5.76 Å². The third kappa shape index (κ3) is 4.13. The van der Waals surface area contributed by atoms with E-state index in [4.69, 9.17) is 9.15 Å². The van der Waals surface area contributed by atoms with Crippen LogP contribution in [0.25, 0.3) is 0 Å². The van der Waals surface area contributed by atoms with E-state index >= 15 is 0 Å². The zero-order valence-electron chi connectivity index (χ0n) is 9.19. The minimum Gasteiger partial charge on any atom is -0.491 e. The second-order valence-electron chi connectivity index (χ2n) is 3.45. The van der Waals surface area contributed by atoms with Crippen LogP contribution < -0.4 is 0 Å². The van der Waals surface area contributed by atoms with E-state index in [0.29, 0.717) is 30.6 Å². The molecule has 16 heavy (non-hydrogen) atoms. The van der Waals surface area contributed by atoms with Gasteiger partial charge in [0, 0.05) is 12.8 Å². The largest absolute Gasteiger partial charge is 0.491 e. The van der Waals surface area contributed by atoms with Crippen LogP contribution in [-0.2, 0) is 16.1 Å². The van der Waals surface area contributed by atoms with Crippen LogP contribution in [0.5, 0.6) is 0 Å². The third-order valence-electron chi connectivity index (χ3n) is 1.97. The van der Waals surface area contributed by atoms with Gasteiger partial charge in [-0.05, 0) is 19.1 Å². The van der Waals surface area contributed by atoms with Crippen molar-refractivity contribution < 1.29 is 18.7 Å². The predicted molar refractivity (Wildman–Crippen MR) is 57.9 cm³/mol. The fourth-order valence-electron chi connectivity index (χ4n) is 1.10. The van der Waals surface area contributed by atoms with Crippen LogP contribution in [-0.4, -0.2) is 12.1 Å². The van der Waals surface area contributed by atoms with Crippen LogP contribution in [0.4, 0.5) is 0 Å². The average molecular weight is 222 g/mol. The molecule has 4 nitrogen and oxygen atoms in total. The lowest BCUT2D eigenvalue weighted by molar-refractivity contribution is -0.117. The Morgan fingerprint density at radius 2 is 2.25 bits per heavy atom. The Balaban J connectivity index is 2.31. The molecule has 0 bridgehead atoms. The molecule has 0 saturated heterocycles. The first-order valence-corrected chi connectivity index (χ1v) is 4.95. The van der Waals surface area contributed by atoms with E-state index < -0.39 is 0 Å². The summed E-state index contributed by atoms with van der Waals surface area (Å²) in [6.45, 7) is 5.43. The zero-order chi connectivity index (χ0) is 12.0. The summed E-state index contributed by atoms with van der Waals surface area (Å²) in [5.74, 6) is 1.48. The quantitative estimate of drug-likeness (QED) is 0.525. The van der Waals surface area contributed by atoms with E-state index in [1.54, 1.807) is 12.1 Å². The fraction of sp³-hybridized carbons (Fsp3) is 0.333. The highest BCUT2D eigenvalue weighted by atomic mass is 16.5. The van der Waals surface area contributed by atoms with Gasteiger partial charge in [-0.2, -0.15) is 0 Å². The van der Waals surface area contributed by atoms with Crippen molar-refractivity contribution in [1.82, 2.24) is 0 Å². The summed E-state index contributed by atoms with van der Waals surface area (Å²) in [4.78, 5) is 21.1. The van der Waals surface area contributed by atoms with Crippen molar-refractivity contribution >= 4 is 12.1 Å². The zero-order valence-corrected chi connectivity index (χ0v) is 9.19. The van der Waals surface area contributed by atoms with Crippen LogP contribution in [0.15, 0.2) is 28.9 Å². The van der Waals surface area contributed by atoms with Crippen molar-refractivity contribution in [1.29, 1.82) is 0 Å². The van der Waals surface area contributed by atoms with E-state index in [9.17, 15) is 9.59 Å². The number of rotatable bonds is 7. The van der Waals surface area contributed by atoms with E-state index in [2.05, 4.69) is 6.58 Å². The highest BCUT2D eigenvalue weighted by molar-refractivity contribution is 5.75. The molecule has 0 aromatic carbocycles. The maximum atomic E-state index is 10.7. The number of aldehydes is 1. The summed E-state index contributed by atoms with van der Waals surface area (Å²) < 4.78 is 10.4. The summed E-state index contributed by atoms with van der Waals surface area (Å²) in [7, 11) is 0. The van der Waals surface area contributed by atoms with Gasteiger partial charge in [0.2, 0.25) is 0 Å². The standard InChI is InChI=1S/C12H14O4/c1-9(14)3-4-10(2)15-8-12-6-5-11(7-13)16-12/h5-7H,2-4,8H2,1H3. The molecule has 0 aliphatic rings. The molecule has 0 saturated carbocycles. The third-order valence-corrected chi connectivity index (χ3v) is 1.97. The van der Waals surface area contributed by atoms with Gasteiger partial charge in [0.1, 0.15) is 18.2 Å². The lowest BCUT2D eigenvalue weighted by Crippen LogP contribution is -1.95. The van der Waals surface area contributed by atoms with E-state index in [1.165, 1.54) is 6.92 Å². The number of hydrogen-bond donors (Lipinski definition) is 0. The Morgan fingerprint density at radius 3 is 2.81 bits per heavy atom. The Kier molecular flexibility index (Phi) is 4.51. The molecule has 0 aliphatic heterocycles. The molecule has 0 radical (unpaired) electrons. The van der Waals surface area contributed by atoms with Gasteiger partial charge in [-0.15, -0.1) is 0 Å². The number of Topliss-reactive ketones (excluding diaryl/α,β-unsaturated/α-hetero) is 1. The molecule has 0 spiro atoms. The second-order valence-corrected chi connectivity index (χ2v) is 3.45. The predicted octanol–water partition coefficient (Wildman–Crippen LogP) is 2.49. The summed E-state index contributed by atoms with van der Waals surface area (Å²) in [5, 5.41) is 0. The second kappa shape index (κ2) is 5.90. The first-order valence-electron chi connectivity index (χ1n) is 4.95. The molecule has 1 heterocycles. The lowest BCUT2D eigenvalue weighted by Gasteiger charge is -2.06. The van der Waals surface area contributed by atoms with E-state index in [1.807, 2.05) is 0 Å². The molecule has 0 amide bonds. The minimum atomic E-state index is 0.103. The lowest BCUT2D eigenvalue weighted by atomic mass is 10.2. The molecule has 0 fully saturated rings. The van der Waals surface area contributed by atoms with Crippen LogP contribution in [0.3, 0.4) is 0 Å². The molecule has 0 aliphatic carbocycles. The number of ether oxygens (including phenoxy) is 1. The van der Waals surface area contributed by atoms with Crippen molar-refractivity contribution in [2.45, 2.75) is 26.4 Å². The normalized spacial score (nSPS) is 9.81. The van der Waals surface area contributed by atoms with Crippen molar-refractivity contribution in [2.75, 3.05) is 0 Å². The van der Waals surface area contributed by atoms with Crippen molar-refractivity contribution in [2.24, 2.45) is 0 Å². The molecular weight excluding hydrogens is 208 g/mol. The summed E-state index contributed by atoms with van der Waals surface area (Å²) in [5.41, 5.74) is 0. The van der Waals surface area contributed by atoms with Crippen molar-refractivity contribution in [3.63, 3.8) is 0 Å². The molecule has 1 aromatic heterocycles. The molecular formula is C12H14O4. The van der Waals surface area contributed by atoms with Crippen LogP contribution in [0.1, 0.15) is 36.1 Å². The Bertz CT molecular complexity index is 389. The van der Waals surface area contributed by atoms with Gasteiger partial charge in [-0.1, -0.05) is 6.58 Å². The maximum Gasteiger partial charge on any atom is 0.185 e. The number of hydrogen-bond acceptors (Lipinski definition) is 4. The highest BCUT2D eigenvalue weighted by Gasteiger charge is 2.03. The number of furan rings is 1. The van der Waals surface area contributed by atoms with Gasteiger partial charge < -0.3 is 13.9 Å². The SMILES string of the molecule is C=C(CCC(C)=O)OCc1ccc(C=O)o1. The Morgan fingerprint density at radius 1 is 1.50 bits per heavy atom. The minimum absolute atomic E-state index is 0.103. The van der Waals surface area contributed by atoms with Crippen molar-refractivity contribution in [3.8, 4) is 0 Å². The molecule has 86 valence electrons. The number of allylic oxidation sites excluding steroid dienone is 1. The van der Waals surface area contributed by atoms with Gasteiger partial charge in [0.15, 0.2) is 12.0 Å². The number of ketones is 1. The molecule has 1 aromatic rings. The Hall–Kier alpha value is -1.84. The van der Waals surface area contributed by atoms with Gasteiger partial charge >= 0.3 is 0 Å². The first kappa shape index (κ1) is 12.2. The number of carbonyl (C=O) groups is 2. The first-order chi connectivity index (χ1) is 7.61. The van der Waals surface area contributed by atoms with Gasteiger partial charge in [0.25, 0.3) is 0 Å². The average Bonchev–Trinajstić information content (AvgIpc) is 2.71. The van der Waals surface area contributed by atoms with E-state index in [-0.39, 0.29) is 18.2 Å². The highest BCUT2D eigenvalue weighted by Crippen LogP contribution is 2.11. The Labute approximate surface area is 93.9 Å². The molecule has 0 unspecified atom stereocenters. The van der Waals surface area contributed by atoms with Crippen LogP contribution in [0.2, 0.25) is 0 Å². The van der Waals surface area contributed by atoms with Gasteiger partial charge in [-0.3, -0.25) is 4.79 Å². The molecule has 4 heteroatoms. The van der Waals surface area contributed by atoms with Crippen LogP contribution >= 0.6 is 0 Å². The smallest absolute Gasteiger partial charge is 0.185 e. The summed E-state index contributed by atoms with van der Waals surface area (Å²) in [6.07, 6.45) is 1.57. The monoisotopic (exact) mass is 222 g/mol. The maximum absolute atomic E-state index is 10.7.